The average Bonchev–Trinajstić information content (AvgIpc) is 3.16. The van der Waals surface area contributed by atoms with Crippen molar-refractivity contribution in [2.45, 2.75) is 70.5 Å². The minimum atomic E-state index is -5.28. The molecule has 0 bridgehead atoms. The van der Waals surface area contributed by atoms with Gasteiger partial charge in [0.15, 0.2) is 0 Å². The van der Waals surface area contributed by atoms with Gasteiger partial charge < -0.3 is 5.32 Å². The molecule has 4 aliphatic rings. The lowest BCUT2D eigenvalue weighted by atomic mass is 9.48. The van der Waals surface area contributed by atoms with Crippen molar-refractivity contribution in [1.82, 2.24) is 0 Å². The maximum absolute atomic E-state index is 13.7. The van der Waals surface area contributed by atoms with Crippen LogP contribution in [0.5, 0.6) is 0 Å². The minimum Gasteiger partial charge on any atom is -0.325 e. The Bertz CT molecular complexity index is 1180. The van der Waals surface area contributed by atoms with Crippen molar-refractivity contribution in [2.75, 3.05) is 5.32 Å². The average molecular weight is 560 g/mol. The van der Waals surface area contributed by atoms with Crippen LogP contribution in [0.2, 0.25) is 0 Å². The van der Waals surface area contributed by atoms with Crippen LogP contribution < -0.4 is 5.32 Å². The molecule has 1 aromatic rings. The standard InChI is InChI=1S/C28H31F6NO2S/c1-14-11-20-26(3,10-8-21(36)38-20)16-7-9-25(2)13-15(12-18(25)22(14)16)24(37)35-19-6-4-5-17(27(29,30)31)23(19)28(32,33)34/h4-6,8,10,14-16,18,20,22H,7,9,11-13H2,1-3H3,(H,35,37)/t14-,15-,16-,18-,20+,22+,25+,26+/m0/s1. The lowest BCUT2D eigenvalue weighted by Gasteiger charge is -2.60. The van der Waals surface area contributed by atoms with E-state index in [9.17, 15) is 35.9 Å². The number of halogens is 6. The zero-order valence-corrected chi connectivity index (χ0v) is 22.2. The predicted molar refractivity (Wildman–Crippen MR) is 133 cm³/mol. The number of carbonyl (C=O) groups is 2. The molecule has 0 aromatic heterocycles. The highest BCUT2D eigenvalue weighted by atomic mass is 32.2. The molecule has 3 fully saturated rings. The number of nitrogens with one attached hydrogen (secondary N) is 1. The number of benzene rings is 1. The van der Waals surface area contributed by atoms with E-state index >= 15 is 0 Å². The first-order chi connectivity index (χ1) is 17.5. The lowest BCUT2D eigenvalue weighted by molar-refractivity contribution is -0.161. The Hall–Kier alpha value is -1.97. The van der Waals surface area contributed by atoms with Crippen LogP contribution in [0, 0.1) is 40.4 Å². The van der Waals surface area contributed by atoms with Crippen LogP contribution in [0.1, 0.15) is 64.0 Å². The van der Waals surface area contributed by atoms with Gasteiger partial charge >= 0.3 is 12.4 Å². The first-order valence-electron chi connectivity index (χ1n) is 13.0. The van der Waals surface area contributed by atoms with Crippen molar-refractivity contribution >= 4 is 28.5 Å². The number of carbonyl (C=O) groups excluding carboxylic acids is 2. The van der Waals surface area contributed by atoms with Crippen LogP contribution in [-0.2, 0) is 21.9 Å². The molecule has 0 saturated heterocycles. The summed E-state index contributed by atoms with van der Waals surface area (Å²) in [5.41, 5.74) is -4.85. The summed E-state index contributed by atoms with van der Waals surface area (Å²) in [4.78, 5) is 25.4. The van der Waals surface area contributed by atoms with Gasteiger partial charge in [0, 0.05) is 16.6 Å². The minimum absolute atomic E-state index is 0.0733. The van der Waals surface area contributed by atoms with Crippen LogP contribution >= 0.6 is 11.8 Å². The van der Waals surface area contributed by atoms with Gasteiger partial charge in [-0.05, 0) is 79.4 Å². The molecule has 38 heavy (non-hydrogen) atoms. The maximum atomic E-state index is 13.7. The van der Waals surface area contributed by atoms with E-state index in [-0.39, 0.29) is 27.1 Å². The van der Waals surface area contributed by atoms with Crippen LogP contribution in [0.25, 0.3) is 0 Å². The maximum Gasteiger partial charge on any atom is 0.419 e. The topological polar surface area (TPSA) is 46.2 Å². The molecule has 3 saturated carbocycles. The highest BCUT2D eigenvalue weighted by Gasteiger charge is 2.61. The fraction of sp³-hybridized carbons (Fsp3) is 0.643. The van der Waals surface area contributed by atoms with E-state index < -0.39 is 41.0 Å². The number of thioether (sulfide) groups is 1. The van der Waals surface area contributed by atoms with Gasteiger partial charge in [0.1, 0.15) is 0 Å². The number of allylic oxidation sites excluding steroid dienone is 1. The summed E-state index contributed by atoms with van der Waals surface area (Å²) < 4.78 is 81.3. The van der Waals surface area contributed by atoms with E-state index in [1.807, 2.05) is 0 Å². The molecular weight excluding hydrogens is 528 g/mol. The summed E-state index contributed by atoms with van der Waals surface area (Å²) in [6.07, 6.45) is -3.11. The van der Waals surface area contributed by atoms with Gasteiger partial charge in [-0.3, -0.25) is 9.59 Å². The first-order valence-corrected chi connectivity index (χ1v) is 13.9. The fourth-order valence-corrected chi connectivity index (χ4v) is 9.56. The van der Waals surface area contributed by atoms with Crippen molar-refractivity contribution in [3.8, 4) is 0 Å². The molecule has 1 N–H and O–H groups in total. The van der Waals surface area contributed by atoms with Gasteiger partial charge in [0.2, 0.25) is 11.0 Å². The van der Waals surface area contributed by atoms with Crippen molar-refractivity contribution in [1.29, 1.82) is 0 Å². The lowest BCUT2D eigenvalue weighted by Crippen LogP contribution is -2.55. The normalized spacial score (nSPS) is 38.8. The number of hydrogen-bond acceptors (Lipinski definition) is 3. The van der Waals surface area contributed by atoms with E-state index in [4.69, 9.17) is 0 Å². The Kier molecular flexibility index (Phi) is 6.56. The van der Waals surface area contributed by atoms with Crippen molar-refractivity contribution in [3.05, 3.63) is 41.5 Å². The van der Waals surface area contributed by atoms with E-state index in [0.29, 0.717) is 36.7 Å². The Labute approximate surface area is 222 Å². The molecular formula is C28H31F6NO2S. The third kappa shape index (κ3) is 4.48. The summed E-state index contributed by atoms with van der Waals surface area (Å²) in [5.74, 6) is -0.136. The highest BCUT2D eigenvalue weighted by molar-refractivity contribution is 8.14. The SMILES string of the molecule is C[C@H]1C[C@H]2SC(=O)C=C[C@]2(C)[C@H]2CC[C@]3(C)C[C@@H](C(=O)Nc4cccc(C(F)(F)F)c4C(F)(F)F)C[C@H]3[C@H]12. The molecule has 1 aromatic carbocycles. The molecule has 1 heterocycles. The molecule has 3 aliphatic carbocycles. The van der Waals surface area contributed by atoms with Gasteiger partial charge in [0.05, 0.1) is 16.8 Å². The number of alkyl halides is 6. The molecule has 1 aliphatic heterocycles. The van der Waals surface area contributed by atoms with Gasteiger partial charge in [0.25, 0.3) is 0 Å². The van der Waals surface area contributed by atoms with Crippen LogP contribution in [-0.4, -0.2) is 16.3 Å². The molecule has 5 rings (SSSR count). The molecule has 0 radical (unpaired) electrons. The first kappa shape index (κ1) is 27.6. The monoisotopic (exact) mass is 559 g/mol. The van der Waals surface area contributed by atoms with Gasteiger partial charge in [-0.15, -0.1) is 0 Å². The quantitative estimate of drug-likeness (QED) is 0.374. The van der Waals surface area contributed by atoms with Crippen LogP contribution in [0.3, 0.4) is 0 Å². The summed E-state index contributed by atoms with van der Waals surface area (Å²) in [7, 11) is 0. The van der Waals surface area contributed by atoms with Crippen molar-refractivity contribution in [3.63, 3.8) is 0 Å². The van der Waals surface area contributed by atoms with E-state index in [2.05, 4.69) is 32.2 Å². The van der Waals surface area contributed by atoms with E-state index in [1.54, 1.807) is 6.08 Å². The fourth-order valence-electron chi connectivity index (χ4n) is 8.23. The summed E-state index contributed by atoms with van der Waals surface area (Å²) >= 11 is 1.40. The summed E-state index contributed by atoms with van der Waals surface area (Å²) in [6, 6.07) is 2.15. The number of anilines is 1. The van der Waals surface area contributed by atoms with E-state index in [1.165, 1.54) is 11.8 Å². The smallest absolute Gasteiger partial charge is 0.325 e. The Morgan fingerprint density at radius 1 is 1.05 bits per heavy atom. The second kappa shape index (κ2) is 9.03. The second-order valence-electron chi connectivity index (χ2n) is 12.2. The summed E-state index contributed by atoms with van der Waals surface area (Å²) in [5, 5.41) is 2.50. The number of rotatable bonds is 2. The molecule has 208 valence electrons. The Morgan fingerprint density at radius 2 is 1.76 bits per heavy atom. The molecule has 0 spiro atoms. The largest absolute Gasteiger partial charge is 0.419 e. The van der Waals surface area contributed by atoms with Crippen LogP contribution in [0.4, 0.5) is 32.0 Å². The van der Waals surface area contributed by atoms with Gasteiger partial charge in [-0.2, -0.15) is 26.3 Å². The zero-order chi connectivity index (χ0) is 27.8. The third-order valence-electron chi connectivity index (χ3n) is 9.96. The van der Waals surface area contributed by atoms with Crippen LogP contribution in [0.15, 0.2) is 30.4 Å². The van der Waals surface area contributed by atoms with Crippen molar-refractivity contribution < 1.29 is 35.9 Å². The molecule has 3 nitrogen and oxygen atoms in total. The predicted octanol–water partition coefficient (Wildman–Crippen LogP) is 7.97. The second-order valence-corrected chi connectivity index (χ2v) is 13.4. The zero-order valence-electron chi connectivity index (χ0n) is 21.4. The highest BCUT2D eigenvalue weighted by Crippen LogP contribution is 2.67. The number of fused-ring (bicyclic) bond motifs is 5. The number of hydrogen-bond donors (Lipinski definition) is 1. The Morgan fingerprint density at radius 3 is 2.42 bits per heavy atom. The molecule has 1 amide bonds. The van der Waals surface area contributed by atoms with Gasteiger partial charge in [-0.25, -0.2) is 0 Å². The summed E-state index contributed by atoms with van der Waals surface area (Å²) in [6.45, 7) is 6.55. The third-order valence-corrected chi connectivity index (χ3v) is 11.3. The number of amides is 1. The van der Waals surface area contributed by atoms with Crippen molar-refractivity contribution in [2.24, 2.45) is 40.4 Å². The Balaban J connectivity index is 1.41. The molecule has 10 heteroatoms. The van der Waals surface area contributed by atoms with Gasteiger partial charge in [-0.1, -0.05) is 44.7 Å². The van der Waals surface area contributed by atoms with E-state index in [0.717, 1.165) is 31.4 Å². The molecule has 8 atom stereocenters. The molecule has 0 unspecified atom stereocenters.